The standard InChI is InChI=1S/C15H15N2/c1-2-6-14(16)15-10-9-13(11-17-15)12-7-4-3-5-8-12/h4-5,7-11,16H,2,6H2,1H3. The topological polar surface area (TPSA) is 36.7 Å². The minimum atomic E-state index is 0.612. The van der Waals surface area contributed by atoms with Crippen molar-refractivity contribution >= 4 is 5.71 Å². The number of nitrogens with one attached hydrogen (secondary N) is 1. The number of benzene rings is 1. The molecule has 0 spiro atoms. The van der Waals surface area contributed by atoms with E-state index >= 15 is 0 Å². The third-order valence-corrected chi connectivity index (χ3v) is 2.62. The van der Waals surface area contributed by atoms with E-state index < -0.39 is 0 Å². The van der Waals surface area contributed by atoms with Crippen molar-refractivity contribution in [1.82, 2.24) is 4.98 Å². The molecule has 17 heavy (non-hydrogen) atoms. The van der Waals surface area contributed by atoms with Gasteiger partial charge in [0.15, 0.2) is 0 Å². The van der Waals surface area contributed by atoms with E-state index in [1.165, 1.54) is 0 Å². The van der Waals surface area contributed by atoms with E-state index in [2.05, 4.69) is 18.0 Å². The van der Waals surface area contributed by atoms with Gasteiger partial charge in [0.05, 0.1) is 11.4 Å². The summed E-state index contributed by atoms with van der Waals surface area (Å²) in [5.74, 6) is 0. The van der Waals surface area contributed by atoms with Gasteiger partial charge >= 0.3 is 0 Å². The third kappa shape index (κ3) is 2.78. The molecule has 0 amide bonds. The smallest absolute Gasteiger partial charge is 0.0837 e. The fraction of sp³-hybridized carbons (Fsp3) is 0.200. The van der Waals surface area contributed by atoms with Gasteiger partial charge in [-0.05, 0) is 24.1 Å². The van der Waals surface area contributed by atoms with Gasteiger partial charge in [-0.2, -0.15) is 0 Å². The number of nitrogens with zero attached hydrogens (tertiary/aromatic N) is 1. The van der Waals surface area contributed by atoms with Crippen LogP contribution in [-0.2, 0) is 0 Å². The zero-order valence-corrected chi connectivity index (χ0v) is 9.90. The van der Waals surface area contributed by atoms with Gasteiger partial charge in [-0.1, -0.05) is 43.7 Å². The van der Waals surface area contributed by atoms with Gasteiger partial charge in [0.1, 0.15) is 0 Å². The van der Waals surface area contributed by atoms with Gasteiger partial charge < -0.3 is 5.41 Å². The number of hydrogen-bond acceptors (Lipinski definition) is 2. The first-order chi connectivity index (χ1) is 8.31. The molecule has 0 unspecified atom stereocenters. The second kappa shape index (κ2) is 5.39. The molecule has 1 aromatic heterocycles. The first-order valence-electron chi connectivity index (χ1n) is 5.81. The van der Waals surface area contributed by atoms with E-state index in [4.69, 9.17) is 5.41 Å². The predicted molar refractivity (Wildman–Crippen MR) is 70.2 cm³/mol. The van der Waals surface area contributed by atoms with E-state index in [0.29, 0.717) is 5.71 Å². The zero-order chi connectivity index (χ0) is 12.1. The second-order valence-electron chi connectivity index (χ2n) is 3.95. The highest BCUT2D eigenvalue weighted by Gasteiger charge is 2.02. The van der Waals surface area contributed by atoms with Gasteiger partial charge in [0.25, 0.3) is 0 Å². The maximum atomic E-state index is 7.84. The van der Waals surface area contributed by atoms with Crippen molar-refractivity contribution < 1.29 is 0 Å². The SMILES string of the molecule is CCCC(=N)c1ccc(-c2cc[c]cc2)cn1. The van der Waals surface area contributed by atoms with Crippen LogP contribution in [-0.4, -0.2) is 10.7 Å². The molecule has 2 aromatic rings. The van der Waals surface area contributed by atoms with E-state index in [1.54, 1.807) is 0 Å². The Hall–Kier alpha value is -1.96. The van der Waals surface area contributed by atoms with E-state index in [1.807, 2.05) is 42.6 Å². The molecular weight excluding hydrogens is 208 g/mol. The minimum Gasteiger partial charge on any atom is -0.303 e. The third-order valence-electron chi connectivity index (χ3n) is 2.62. The van der Waals surface area contributed by atoms with Crippen LogP contribution in [0, 0.1) is 11.5 Å². The quantitative estimate of drug-likeness (QED) is 0.788. The molecular formula is C15H15N2. The number of pyridine rings is 1. The van der Waals surface area contributed by atoms with Crippen LogP contribution < -0.4 is 0 Å². The molecule has 0 aliphatic rings. The molecule has 0 saturated heterocycles. The molecule has 0 aliphatic heterocycles. The highest BCUT2D eigenvalue weighted by molar-refractivity contribution is 5.96. The average Bonchev–Trinajstić information content (AvgIpc) is 2.40. The van der Waals surface area contributed by atoms with Crippen LogP contribution in [0.5, 0.6) is 0 Å². The lowest BCUT2D eigenvalue weighted by molar-refractivity contribution is 0.980. The normalized spacial score (nSPS) is 10.2. The van der Waals surface area contributed by atoms with Crippen LogP contribution in [0.25, 0.3) is 11.1 Å². The molecule has 0 atom stereocenters. The summed E-state index contributed by atoms with van der Waals surface area (Å²) >= 11 is 0. The van der Waals surface area contributed by atoms with Crippen molar-refractivity contribution in [3.05, 3.63) is 54.4 Å². The average molecular weight is 223 g/mol. The van der Waals surface area contributed by atoms with Gasteiger partial charge in [0, 0.05) is 11.8 Å². The first-order valence-corrected chi connectivity index (χ1v) is 5.81. The minimum absolute atomic E-state index is 0.612. The molecule has 85 valence electrons. The van der Waals surface area contributed by atoms with E-state index in [9.17, 15) is 0 Å². The summed E-state index contributed by atoms with van der Waals surface area (Å²) in [6.07, 6.45) is 3.60. The lowest BCUT2D eigenvalue weighted by Crippen LogP contribution is -2.00. The molecule has 1 N–H and O–H groups in total. The number of hydrogen-bond donors (Lipinski definition) is 1. The van der Waals surface area contributed by atoms with E-state index in [0.717, 1.165) is 29.7 Å². The van der Waals surface area contributed by atoms with Crippen molar-refractivity contribution in [1.29, 1.82) is 5.41 Å². The van der Waals surface area contributed by atoms with Crippen molar-refractivity contribution in [3.63, 3.8) is 0 Å². The van der Waals surface area contributed by atoms with E-state index in [-0.39, 0.29) is 0 Å². The highest BCUT2D eigenvalue weighted by Crippen LogP contribution is 2.17. The molecule has 2 rings (SSSR count). The van der Waals surface area contributed by atoms with Crippen molar-refractivity contribution in [2.75, 3.05) is 0 Å². The summed E-state index contributed by atoms with van der Waals surface area (Å²) in [6.45, 7) is 2.07. The van der Waals surface area contributed by atoms with Gasteiger partial charge in [0.2, 0.25) is 0 Å². The maximum Gasteiger partial charge on any atom is 0.0837 e. The summed E-state index contributed by atoms with van der Waals surface area (Å²) in [4.78, 5) is 4.34. The molecule has 0 fully saturated rings. The van der Waals surface area contributed by atoms with Crippen LogP contribution in [0.15, 0.2) is 42.6 Å². The largest absolute Gasteiger partial charge is 0.303 e. The molecule has 0 bridgehead atoms. The Balaban J connectivity index is 2.22. The number of rotatable bonds is 4. The maximum absolute atomic E-state index is 7.84. The molecule has 0 saturated carbocycles. The summed E-state index contributed by atoms with van der Waals surface area (Å²) < 4.78 is 0. The Kier molecular flexibility index (Phi) is 3.66. The second-order valence-corrected chi connectivity index (χ2v) is 3.95. The Morgan fingerprint density at radius 1 is 1.18 bits per heavy atom. The van der Waals surface area contributed by atoms with Crippen LogP contribution in [0.4, 0.5) is 0 Å². The lowest BCUT2D eigenvalue weighted by atomic mass is 10.1. The number of aromatic nitrogens is 1. The molecule has 0 aliphatic carbocycles. The summed E-state index contributed by atoms with van der Waals surface area (Å²) in [5.41, 5.74) is 3.59. The van der Waals surface area contributed by atoms with Crippen LogP contribution in [0.2, 0.25) is 0 Å². The molecule has 2 nitrogen and oxygen atoms in total. The van der Waals surface area contributed by atoms with Crippen molar-refractivity contribution in [2.45, 2.75) is 19.8 Å². The molecule has 1 aromatic carbocycles. The monoisotopic (exact) mass is 223 g/mol. The summed E-state index contributed by atoms with van der Waals surface area (Å²) in [5, 5.41) is 7.84. The molecule has 1 heterocycles. The zero-order valence-electron chi connectivity index (χ0n) is 9.90. The fourth-order valence-electron chi connectivity index (χ4n) is 1.70. The summed E-state index contributed by atoms with van der Waals surface area (Å²) in [7, 11) is 0. The molecule has 1 radical (unpaired) electrons. The fourth-order valence-corrected chi connectivity index (χ4v) is 1.70. The van der Waals surface area contributed by atoms with Crippen molar-refractivity contribution in [3.8, 4) is 11.1 Å². The van der Waals surface area contributed by atoms with Crippen LogP contribution >= 0.6 is 0 Å². The van der Waals surface area contributed by atoms with Crippen LogP contribution in [0.3, 0.4) is 0 Å². The molecule has 2 heteroatoms. The van der Waals surface area contributed by atoms with Gasteiger partial charge in [-0.3, -0.25) is 4.98 Å². The van der Waals surface area contributed by atoms with Crippen molar-refractivity contribution in [2.24, 2.45) is 0 Å². The van der Waals surface area contributed by atoms with Gasteiger partial charge in [-0.15, -0.1) is 0 Å². The Morgan fingerprint density at radius 2 is 1.94 bits per heavy atom. The Labute approximate surface area is 102 Å². The van der Waals surface area contributed by atoms with Crippen LogP contribution in [0.1, 0.15) is 25.5 Å². The Bertz CT molecular complexity index is 486. The summed E-state index contributed by atoms with van der Waals surface area (Å²) in [6, 6.07) is 14.7. The highest BCUT2D eigenvalue weighted by atomic mass is 14.7. The predicted octanol–water partition coefficient (Wildman–Crippen LogP) is 3.72. The lowest BCUT2D eigenvalue weighted by Gasteiger charge is -2.04. The van der Waals surface area contributed by atoms with Gasteiger partial charge in [-0.25, -0.2) is 0 Å². The Morgan fingerprint density at radius 3 is 2.53 bits per heavy atom. The first kappa shape index (κ1) is 11.5.